The number of benzene rings is 1. The van der Waals surface area contributed by atoms with Crippen LogP contribution in [0.1, 0.15) is 22.1 Å². The minimum atomic E-state index is 0.531. The predicted molar refractivity (Wildman–Crippen MR) is 120 cm³/mol. The average molecular weight is 469 g/mol. The third kappa shape index (κ3) is 5.08. The van der Waals surface area contributed by atoms with Gasteiger partial charge in [0.1, 0.15) is 6.26 Å². The number of rotatable bonds is 5. The van der Waals surface area contributed by atoms with Crippen LogP contribution >= 0.6 is 23.1 Å². The van der Waals surface area contributed by atoms with Gasteiger partial charge < -0.3 is 13.6 Å². The molecule has 4 heterocycles. The fourth-order valence-electron chi connectivity index (χ4n) is 2.85. The number of nitrogens with zero attached hydrogens (tertiary/aromatic N) is 8. The molecule has 0 saturated carbocycles. The molecule has 0 fully saturated rings. The van der Waals surface area contributed by atoms with Gasteiger partial charge in [0.2, 0.25) is 0 Å². The molecule has 0 unspecified atom stereocenters. The first-order chi connectivity index (χ1) is 15.5. The lowest BCUT2D eigenvalue weighted by atomic mass is 10.1. The van der Waals surface area contributed by atoms with Crippen LogP contribution in [0.4, 0.5) is 0 Å². The summed E-state index contributed by atoms with van der Waals surface area (Å²) in [7, 11) is 1.96. The average Bonchev–Trinajstić information content (AvgIpc) is 3.56. The minimum Gasteiger partial charge on any atom is -0.346 e. The van der Waals surface area contributed by atoms with Crippen molar-refractivity contribution in [3.63, 3.8) is 0 Å². The van der Waals surface area contributed by atoms with Gasteiger partial charge in [0.05, 0.1) is 27.5 Å². The summed E-state index contributed by atoms with van der Waals surface area (Å²) in [5.41, 5.74) is 3.06. The van der Waals surface area contributed by atoms with E-state index in [4.69, 9.17) is 4.52 Å². The van der Waals surface area contributed by atoms with Crippen LogP contribution < -0.4 is 0 Å². The van der Waals surface area contributed by atoms with Gasteiger partial charge in [-0.2, -0.15) is 4.98 Å². The Kier molecular flexibility index (Phi) is 6.71. The van der Waals surface area contributed by atoms with E-state index in [1.165, 1.54) is 24.2 Å². The molecule has 0 amide bonds. The Hall–Kier alpha value is -3.38. The second-order valence-electron chi connectivity index (χ2n) is 6.77. The molecule has 164 valence electrons. The smallest absolute Gasteiger partial charge is 0.257 e. The van der Waals surface area contributed by atoms with Gasteiger partial charge in [-0.1, -0.05) is 34.6 Å². The first kappa shape index (κ1) is 21.8. The van der Waals surface area contributed by atoms with E-state index in [1.807, 2.05) is 56.7 Å². The zero-order valence-electron chi connectivity index (χ0n) is 17.9. The van der Waals surface area contributed by atoms with Crippen molar-refractivity contribution in [1.82, 2.24) is 40.3 Å². The van der Waals surface area contributed by atoms with E-state index < -0.39 is 0 Å². The molecule has 5 rings (SSSR count). The maximum Gasteiger partial charge on any atom is 0.257 e. The first-order valence-corrected chi connectivity index (χ1v) is 11.4. The van der Waals surface area contributed by atoms with Crippen molar-refractivity contribution in [2.45, 2.75) is 31.7 Å². The van der Waals surface area contributed by atoms with Crippen molar-refractivity contribution in [2.24, 2.45) is 7.05 Å². The van der Waals surface area contributed by atoms with Gasteiger partial charge >= 0.3 is 0 Å². The van der Waals surface area contributed by atoms with Crippen LogP contribution in [-0.2, 0) is 12.8 Å². The van der Waals surface area contributed by atoms with Crippen molar-refractivity contribution in [2.75, 3.05) is 0 Å². The lowest BCUT2D eigenvalue weighted by Crippen LogP contribution is -1.95. The van der Waals surface area contributed by atoms with Gasteiger partial charge in [0.25, 0.3) is 5.89 Å². The number of hydrogen-bond acceptors (Lipinski definition) is 11. The summed E-state index contributed by atoms with van der Waals surface area (Å²) >= 11 is 3.16. The summed E-state index contributed by atoms with van der Waals surface area (Å²) in [6.07, 6.45) is 2.88. The summed E-state index contributed by atoms with van der Waals surface area (Å²) in [5.74, 6) is 2.55. The molecule has 32 heavy (non-hydrogen) atoms. The fourth-order valence-corrected chi connectivity index (χ4v) is 4.54. The largest absolute Gasteiger partial charge is 0.346 e. The van der Waals surface area contributed by atoms with Gasteiger partial charge in [0.15, 0.2) is 16.8 Å². The highest BCUT2D eigenvalue weighted by molar-refractivity contribution is 7.98. The Morgan fingerprint density at radius 3 is 2.66 bits per heavy atom. The van der Waals surface area contributed by atoms with Crippen LogP contribution in [0, 0.1) is 20.8 Å². The van der Waals surface area contributed by atoms with E-state index in [0.717, 1.165) is 37.7 Å². The third-order valence-corrected chi connectivity index (χ3v) is 6.37. The molecule has 4 aromatic heterocycles. The standard InChI is InChI=1S/C18H18N6OS2.C2H2N2O/c1-10-6-5-7-13(8-10)17-20-14(23-25-17)9-26-18-22-21-16(24(18)4)15-11(2)19-12(3)27-15;1-2-5-4-3-1/h5-8H,9H2,1-4H3;1-2H. The van der Waals surface area contributed by atoms with Crippen molar-refractivity contribution in [3.05, 3.63) is 58.8 Å². The van der Waals surface area contributed by atoms with Crippen molar-refractivity contribution >= 4 is 23.1 Å². The number of thioether (sulfide) groups is 1. The van der Waals surface area contributed by atoms with Gasteiger partial charge in [-0.3, -0.25) is 0 Å². The van der Waals surface area contributed by atoms with Gasteiger partial charge in [-0.15, -0.1) is 26.6 Å². The van der Waals surface area contributed by atoms with Crippen LogP contribution in [0.25, 0.3) is 22.2 Å². The van der Waals surface area contributed by atoms with E-state index in [-0.39, 0.29) is 0 Å². The highest BCUT2D eigenvalue weighted by Crippen LogP contribution is 2.31. The normalized spacial score (nSPS) is 10.8. The van der Waals surface area contributed by atoms with Crippen molar-refractivity contribution in [1.29, 1.82) is 0 Å². The molecule has 0 saturated heterocycles. The number of hydrogen-bond donors (Lipinski definition) is 0. The second kappa shape index (κ2) is 9.83. The van der Waals surface area contributed by atoms with E-state index in [2.05, 4.69) is 40.2 Å². The molecule has 0 spiro atoms. The number of thiazole rings is 1. The highest BCUT2D eigenvalue weighted by Gasteiger charge is 2.17. The lowest BCUT2D eigenvalue weighted by molar-refractivity contribution is 0.393. The molecular formula is C20H20N8O2S2. The molecule has 0 radical (unpaired) electrons. The molecule has 0 bridgehead atoms. The molecule has 10 nitrogen and oxygen atoms in total. The summed E-state index contributed by atoms with van der Waals surface area (Å²) in [4.78, 5) is 10.0. The second-order valence-corrected chi connectivity index (χ2v) is 8.92. The number of aromatic nitrogens is 8. The Morgan fingerprint density at radius 2 is 2.00 bits per heavy atom. The lowest BCUT2D eigenvalue weighted by Gasteiger charge is -2.01. The summed E-state index contributed by atoms with van der Waals surface area (Å²) in [5, 5.41) is 20.9. The zero-order chi connectivity index (χ0) is 22.5. The van der Waals surface area contributed by atoms with E-state index in [1.54, 1.807) is 11.3 Å². The maximum atomic E-state index is 5.39. The Morgan fingerprint density at radius 1 is 1.12 bits per heavy atom. The molecule has 1 aromatic carbocycles. The molecular weight excluding hydrogens is 448 g/mol. The van der Waals surface area contributed by atoms with E-state index in [0.29, 0.717) is 17.5 Å². The summed E-state index contributed by atoms with van der Waals surface area (Å²) in [6, 6.07) is 8.01. The van der Waals surface area contributed by atoms with Crippen LogP contribution in [0.3, 0.4) is 0 Å². The van der Waals surface area contributed by atoms with Crippen molar-refractivity contribution < 1.29 is 9.05 Å². The molecule has 0 atom stereocenters. The molecule has 12 heteroatoms. The Balaban J connectivity index is 0.000000433. The quantitative estimate of drug-likeness (QED) is 0.345. The van der Waals surface area contributed by atoms with Crippen LogP contribution in [0.2, 0.25) is 0 Å². The number of aryl methyl sites for hydroxylation is 3. The SMILES string of the molecule is Cc1cccc(-c2nc(CSc3nnc(-c4sc(C)nc4C)n3C)no2)c1.c1conn1. The summed E-state index contributed by atoms with van der Waals surface area (Å²) < 4.78 is 11.6. The van der Waals surface area contributed by atoms with Crippen LogP contribution in [0.5, 0.6) is 0 Å². The Labute approximate surface area is 192 Å². The van der Waals surface area contributed by atoms with E-state index in [9.17, 15) is 0 Å². The molecule has 0 aliphatic carbocycles. The molecule has 5 aromatic rings. The van der Waals surface area contributed by atoms with Gasteiger partial charge in [-0.25, -0.2) is 4.98 Å². The Bertz CT molecular complexity index is 1280. The molecule has 0 N–H and O–H groups in total. The highest BCUT2D eigenvalue weighted by atomic mass is 32.2. The van der Waals surface area contributed by atoms with Gasteiger partial charge in [0, 0.05) is 17.9 Å². The fraction of sp³-hybridized carbons (Fsp3) is 0.250. The maximum absolute atomic E-state index is 5.39. The first-order valence-electron chi connectivity index (χ1n) is 9.58. The predicted octanol–water partition coefficient (Wildman–Crippen LogP) is 4.28. The molecule has 0 aliphatic rings. The van der Waals surface area contributed by atoms with Crippen LogP contribution in [-0.4, -0.2) is 40.3 Å². The van der Waals surface area contributed by atoms with Crippen molar-refractivity contribution in [3.8, 4) is 22.2 Å². The topological polar surface area (TPSA) is 121 Å². The van der Waals surface area contributed by atoms with E-state index >= 15 is 0 Å². The minimum absolute atomic E-state index is 0.531. The monoisotopic (exact) mass is 468 g/mol. The zero-order valence-corrected chi connectivity index (χ0v) is 19.5. The van der Waals surface area contributed by atoms with Crippen LogP contribution in [0.15, 0.2) is 50.9 Å². The third-order valence-electron chi connectivity index (χ3n) is 4.29. The molecule has 0 aliphatic heterocycles. The summed E-state index contributed by atoms with van der Waals surface area (Å²) in [6.45, 7) is 6.02. The van der Waals surface area contributed by atoms with Gasteiger partial charge in [-0.05, 0) is 32.9 Å².